The number of aromatic nitrogens is 1. The van der Waals surface area contributed by atoms with Gasteiger partial charge in [-0.15, -0.1) is 0 Å². The number of aromatic hydroxyl groups is 1. The number of aromatic amines is 1. The Hall–Kier alpha value is -12.8. The molecule has 20 N–H and O–H groups in total. The average molecular weight is 1860 g/mol. The molecule has 0 saturated heterocycles. The lowest BCUT2D eigenvalue weighted by Crippen LogP contribution is -2.24. The van der Waals surface area contributed by atoms with Gasteiger partial charge in [0.25, 0.3) is 0 Å². The third-order valence-electron chi connectivity index (χ3n) is 17.1. The van der Waals surface area contributed by atoms with Crippen molar-refractivity contribution in [1.82, 2.24) is 15.6 Å². The minimum atomic E-state index is -0.958. The van der Waals surface area contributed by atoms with E-state index in [1.807, 2.05) is 109 Å². The maximum absolute atomic E-state index is 10.8. The molecule has 1 heterocycles. The third kappa shape index (κ3) is 101. The summed E-state index contributed by atoms with van der Waals surface area (Å²) in [4.78, 5) is 196. The molecular weight excluding hydrogens is 1710 g/mol. The fraction of sp³-hybridized carbons (Fsp3) is 0.578. The Morgan fingerprint density at radius 3 is 0.946 bits per heavy atom. The minimum absolute atomic E-state index is 0.181. The number of amides is 2. The molecule has 4 rings (SSSR count). The van der Waals surface area contributed by atoms with Gasteiger partial charge in [0.05, 0.1) is 89.6 Å². The SMILES string of the molecule is CC(C)C(=O)O.CC(C)C(=O)O.CC(C)C(C)C(=O)O.CC(C)CC(C)C(=O)O.CC(CCNC=O)C(=O)O.CC(CNC=O)C(=O)O.CC(CO)C(=O)O.CC(Cc1c[nH]c2ccccc12)C(=O)O.CC(Cc1ccc(O)cc1)C(=O)O.CC(Cc1ccccc1)C(=O)O.CC(O)C(C)C(=O)O.CCC(=O)O.CCC(C)C(=O)O.CCC(C)C(C)C(=O)O.O=C=O.O=C=O. The third-order valence-corrected chi connectivity index (χ3v) is 17.1. The van der Waals surface area contributed by atoms with Crippen LogP contribution in [0.5, 0.6) is 5.75 Å². The largest absolute Gasteiger partial charge is 0.508 e. The van der Waals surface area contributed by atoms with Crippen molar-refractivity contribution in [2.75, 3.05) is 19.7 Å². The summed E-state index contributed by atoms with van der Waals surface area (Å²) in [5.41, 5.74) is 4.13. The molecule has 13 atom stereocenters. The van der Waals surface area contributed by atoms with Gasteiger partial charge < -0.3 is 102 Å². The van der Waals surface area contributed by atoms with Gasteiger partial charge in [0.1, 0.15) is 5.75 Å². The summed E-state index contributed by atoms with van der Waals surface area (Å²) in [6.45, 7) is 41.7. The number of carboxylic acids is 14. The van der Waals surface area contributed by atoms with E-state index in [0.717, 1.165) is 46.9 Å². The highest BCUT2D eigenvalue weighted by molar-refractivity contribution is 5.84. The molecule has 40 nitrogen and oxygen atoms in total. The second-order valence-electron chi connectivity index (χ2n) is 30.3. The van der Waals surface area contributed by atoms with Gasteiger partial charge in [-0.2, -0.15) is 19.2 Å². The molecule has 744 valence electrons. The number of carboxylic acid groups (broad SMARTS) is 14. The van der Waals surface area contributed by atoms with Crippen molar-refractivity contribution >= 4 is 120 Å². The molecule has 1 aromatic heterocycles. The summed E-state index contributed by atoms with van der Waals surface area (Å²) in [6, 6.07) is 24.2. The van der Waals surface area contributed by atoms with Gasteiger partial charge in [-0.1, -0.05) is 212 Å². The number of phenolic OH excluding ortho intramolecular Hbond substituents is 1. The topological polar surface area (TPSA) is 725 Å². The van der Waals surface area contributed by atoms with Crippen LogP contribution in [0.25, 0.3) is 10.9 Å². The Morgan fingerprint density at radius 1 is 0.385 bits per heavy atom. The highest BCUT2D eigenvalue weighted by atomic mass is 16.4. The van der Waals surface area contributed by atoms with E-state index in [2.05, 4.69) is 15.6 Å². The molecule has 0 aliphatic rings. The van der Waals surface area contributed by atoms with Crippen LogP contribution in [0.3, 0.4) is 0 Å². The van der Waals surface area contributed by atoms with Crippen molar-refractivity contribution in [3.8, 4) is 5.75 Å². The van der Waals surface area contributed by atoms with Crippen molar-refractivity contribution in [2.24, 2.45) is 94.7 Å². The zero-order valence-corrected chi connectivity index (χ0v) is 79.1. The molecule has 2 amide bonds. The Morgan fingerprint density at radius 2 is 0.715 bits per heavy atom. The number of aliphatic carboxylic acids is 14. The Bertz CT molecular complexity index is 3720. The zero-order chi connectivity index (χ0) is 105. The first-order valence-corrected chi connectivity index (χ1v) is 41.0. The second-order valence-corrected chi connectivity index (χ2v) is 30.3. The first-order valence-electron chi connectivity index (χ1n) is 41.0. The van der Waals surface area contributed by atoms with Gasteiger partial charge in [0.2, 0.25) is 12.8 Å². The predicted molar refractivity (Wildman–Crippen MR) is 477 cm³/mol. The van der Waals surface area contributed by atoms with Crippen LogP contribution < -0.4 is 10.6 Å². The zero-order valence-electron chi connectivity index (χ0n) is 79.1. The molecule has 0 radical (unpaired) electrons. The quantitative estimate of drug-likeness (QED) is 0.0150. The second kappa shape index (κ2) is 91.0. The van der Waals surface area contributed by atoms with Crippen LogP contribution in [0.4, 0.5) is 0 Å². The summed E-state index contributed by atoms with van der Waals surface area (Å²) in [5, 5.41) is 148. The number of H-pyrrole nitrogens is 1. The fourth-order valence-corrected chi connectivity index (χ4v) is 6.79. The van der Waals surface area contributed by atoms with Crippen LogP contribution in [-0.4, -0.2) is 226 Å². The van der Waals surface area contributed by atoms with Crippen molar-refractivity contribution in [3.05, 3.63) is 102 Å². The first-order chi connectivity index (χ1) is 59.8. The summed E-state index contributed by atoms with van der Waals surface area (Å²) < 4.78 is 0. The van der Waals surface area contributed by atoms with Gasteiger partial charge in [-0.3, -0.25) is 76.7 Å². The van der Waals surface area contributed by atoms with Crippen LogP contribution in [0.1, 0.15) is 215 Å². The standard InChI is InChI=1S/C12H13NO2.C10H12O3.C10H12O2.2C7H14O2.C6H11NO3.C6H12O2.C5H9NO3.C5H10O3.C5H10O2.C4H8O3.2C4H8O2.C3H6O2.2CO2/c1-8(12(14)15)6-9-7-13-11-5-3-2-4-10(9)11;1-7(10(12)13)6-8-2-4-9(11)5-3-8;1-8(10(11)12)7-9-5-3-2-4-6-9;1-5(2)4-6(3)7(8)9;1-4-5(2)6(3)7(8)9;1-5(6(9)10)2-3-7-4-8;1-4(2)5(3)6(7)8;1-4(5(8)9)2-6-3-7;1-3(4(2)6)5(7)8;1-3-4(2)5(6)7;1-3(2-5)4(6)7;2*1-3(2)4(5)6;1-2-3(4)5;2*2-1-3/h2-5,7-8,13H,6H2,1H3,(H,14,15);2-5,7,11H,6H2,1H3,(H,12,13);2-6,8H,7H2,1H3,(H,11,12);2*5-6H,4H2,1-3H3,(H,8,9);4-5H,2-3H2,1H3,(H,7,8)(H,9,10);4-5H,1-3H3,(H,7,8);3-4H,2H2,1H3,(H,6,7)(H,8,9);3-4,6H,1-2H3,(H,7,8);4H,3H2,1-2H3,(H,6,7);3,5H,2H2,1H3,(H,6,7);2*3H,1-2H3,(H,5,6);2H2,1H3,(H,4,5);;. The fourth-order valence-electron chi connectivity index (χ4n) is 6.79. The maximum atomic E-state index is 10.8. The monoisotopic (exact) mass is 1860 g/mol. The number of aliphatic hydroxyl groups excluding tert-OH is 2. The number of benzene rings is 3. The van der Waals surface area contributed by atoms with Crippen molar-refractivity contribution in [3.63, 3.8) is 0 Å². The molecule has 0 saturated carbocycles. The number of hydrogen-bond donors (Lipinski definition) is 20. The molecule has 0 spiro atoms. The number of para-hydroxylation sites is 1. The van der Waals surface area contributed by atoms with E-state index in [0.29, 0.717) is 56.9 Å². The molecule has 4 aromatic rings. The Kier molecular flexibility index (Phi) is 100. The molecule has 0 bridgehead atoms. The minimum Gasteiger partial charge on any atom is -0.508 e. The summed E-state index contributed by atoms with van der Waals surface area (Å²) in [5.74, 6) is -14.2. The lowest BCUT2D eigenvalue weighted by Gasteiger charge is -2.11. The van der Waals surface area contributed by atoms with Crippen LogP contribution in [0.15, 0.2) is 85.1 Å². The van der Waals surface area contributed by atoms with E-state index in [1.54, 1.807) is 114 Å². The number of hydrogen-bond acceptors (Lipinski definition) is 23. The Labute approximate surface area is 760 Å². The van der Waals surface area contributed by atoms with Gasteiger partial charge >= 0.3 is 95.9 Å². The molecule has 0 aliphatic carbocycles. The van der Waals surface area contributed by atoms with Crippen molar-refractivity contribution < 1.29 is 183 Å². The highest BCUT2D eigenvalue weighted by Crippen LogP contribution is 2.21. The number of carbonyl (C=O) groups excluding carboxylic acids is 6. The Balaban J connectivity index is -0.000000116. The van der Waals surface area contributed by atoms with E-state index in [1.165, 1.54) is 27.7 Å². The number of phenols is 1. The molecule has 13 unspecified atom stereocenters. The number of aliphatic hydroxyl groups is 2. The summed E-state index contributed by atoms with van der Waals surface area (Å²) in [7, 11) is 0. The average Bonchev–Trinajstić information content (AvgIpc) is 1.69. The van der Waals surface area contributed by atoms with Gasteiger partial charge in [0, 0.05) is 36.6 Å². The number of nitrogens with one attached hydrogen (secondary N) is 3. The van der Waals surface area contributed by atoms with Gasteiger partial charge in [0.15, 0.2) is 0 Å². The van der Waals surface area contributed by atoms with E-state index < -0.39 is 107 Å². The first kappa shape index (κ1) is 143. The van der Waals surface area contributed by atoms with E-state index in [4.69, 9.17) is 106 Å². The van der Waals surface area contributed by atoms with Crippen LogP contribution in [0, 0.1) is 94.7 Å². The predicted octanol–water partition coefficient (Wildman–Crippen LogP) is 11.9. The highest BCUT2D eigenvalue weighted by Gasteiger charge is 2.20. The van der Waals surface area contributed by atoms with Crippen LogP contribution in [0.2, 0.25) is 0 Å². The van der Waals surface area contributed by atoms with Crippen LogP contribution in [-0.2, 0) is 115 Å². The normalized spacial score (nSPS) is 12.4. The summed E-state index contributed by atoms with van der Waals surface area (Å²) >= 11 is 0. The van der Waals surface area contributed by atoms with Gasteiger partial charge in [-0.05, 0) is 112 Å². The number of carbonyl (C=O) groups is 16. The molecule has 0 aliphatic heterocycles. The van der Waals surface area contributed by atoms with E-state index in [-0.39, 0.29) is 103 Å². The molecule has 3 aromatic carbocycles. The molecule has 130 heavy (non-hydrogen) atoms. The maximum Gasteiger partial charge on any atom is 0.373 e. The van der Waals surface area contributed by atoms with E-state index >= 15 is 0 Å². The smallest absolute Gasteiger partial charge is 0.373 e. The van der Waals surface area contributed by atoms with Gasteiger partial charge in [-0.25, -0.2) is 0 Å². The lowest BCUT2D eigenvalue weighted by molar-refractivity contribution is -0.193. The number of rotatable bonds is 35. The van der Waals surface area contributed by atoms with E-state index in [9.17, 15) is 76.7 Å². The molecule has 0 fully saturated rings. The van der Waals surface area contributed by atoms with Crippen molar-refractivity contribution in [1.29, 1.82) is 0 Å². The molecule has 40 heteroatoms. The molecular formula is C90H147N3O37. The lowest BCUT2D eigenvalue weighted by atomic mass is 9.94. The van der Waals surface area contributed by atoms with Crippen LogP contribution >= 0.6 is 0 Å². The van der Waals surface area contributed by atoms with Crippen molar-refractivity contribution in [2.45, 2.75) is 224 Å². The summed E-state index contributed by atoms with van der Waals surface area (Å²) in [6.07, 6.45) is 7.49. The number of fused-ring (bicyclic) bond motifs is 1.